The topological polar surface area (TPSA) is 205 Å². The molecule has 0 spiro atoms. The zero-order valence-electron chi connectivity index (χ0n) is 29.3. The van der Waals surface area contributed by atoms with E-state index in [1.165, 1.54) is 84.2 Å². The summed E-state index contributed by atoms with van der Waals surface area (Å²) in [6, 6.07) is 0. The summed E-state index contributed by atoms with van der Waals surface area (Å²) in [7, 11) is 1.33. The Morgan fingerprint density at radius 1 is 0.604 bits per heavy atom. The Bertz CT molecular complexity index is 815. The first-order valence-corrected chi connectivity index (χ1v) is 18.5. The van der Waals surface area contributed by atoms with Gasteiger partial charge in [0.2, 0.25) is 0 Å². The minimum Gasteiger partial charge on any atom is -0.469 e. The highest BCUT2D eigenvalue weighted by atomic mass is 16.7. The Kier molecular flexibility index (Phi) is 22.6. The third-order valence-corrected chi connectivity index (χ3v) is 9.55. The molecule has 2 heterocycles. The van der Waals surface area contributed by atoms with Gasteiger partial charge in [0.05, 0.1) is 26.4 Å². The van der Waals surface area contributed by atoms with Crippen LogP contribution in [0.25, 0.3) is 0 Å². The van der Waals surface area contributed by atoms with Crippen LogP contribution in [0.15, 0.2) is 0 Å². The third-order valence-electron chi connectivity index (χ3n) is 9.55. The van der Waals surface area contributed by atoms with Gasteiger partial charge in [-0.05, 0) is 19.3 Å². The minimum absolute atomic E-state index is 0.209. The van der Waals surface area contributed by atoms with E-state index in [9.17, 15) is 40.5 Å². The Hall–Kier alpha value is -0.970. The quantitative estimate of drug-likeness (QED) is 0.0515. The molecule has 2 aliphatic heterocycles. The molecule has 13 nitrogen and oxygen atoms in total. The molecular weight excluding hydrogens is 628 g/mol. The molecule has 2 fully saturated rings. The molecule has 0 aromatic carbocycles. The molecule has 11 atom stereocenters. The maximum Gasteiger partial charge on any atom is 0.305 e. The Morgan fingerprint density at radius 2 is 1.08 bits per heavy atom. The zero-order chi connectivity index (χ0) is 35.3. The summed E-state index contributed by atoms with van der Waals surface area (Å²) in [5.41, 5.74) is 0. The Balaban J connectivity index is 1.81. The van der Waals surface area contributed by atoms with Gasteiger partial charge in [0.15, 0.2) is 12.6 Å². The highest BCUT2D eigenvalue weighted by Crippen LogP contribution is 2.31. The van der Waals surface area contributed by atoms with Gasteiger partial charge in [-0.3, -0.25) is 4.79 Å². The molecule has 0 aromatic rings. The Morgan fingerprint density at radius 3 is 1.60 bits per heavy atom. The van der Waals surface area contributed by atoms with E-state index in [1.807, 2.05) is 0 Å². The summed E-state index contributed by atoms with van der Waals surface area (Å²) >= 11 is 0. The van der Waals surface area contributed by atoms with E-state index in [4.69, 9.17) is 23.7 Å². The normalized spacial score (nSPS) is 31.5. The lowest BCUT2D eigenvalue weighted by Crippen LogP contribution is -2.64. The van der Waals surface area contributed by atoms with Gasteiger partial charge in [0.25, 0.3) is 0 Å². The lowest BCUT2D eigenvalue weighted by molar-refractivity contribution is -0.363. The molecule has 48 heavy (non-hydrogen) atoms. The number of aliphatic hydroxyl groups is 7. The van der Waals surface area contributed by atoms with E-state index >= 15 is 0 Å². The molecule has 0 bridgehead atoms. The fraction of sp³-hybridized carbons (Fsp3) is 0.971. The fourth-order valence-corrected chi connectivity index (χ4v) is 6.46. The van der Waals surface area contributed by atoms with E-state index < -0.39 is 80.7 Å². The van der Waals surface area contributed by atoms with Crippen molar-refractivity contribution in [3.8, 4) is 0 Å². The third kappa shape index (κ3) is 15.1. The van der Waals surface area contributed by atoms with E-state index in [1.54, 1.807) is 0 Å². The van der Waals surface area contributed by atoms with Gasteiger partial charge in [0.1, 0.15) is 48.8 Å². The van der Waals surface area contributed by atoms with E-state index in [-0.39, 0.29) is 12.4 Å². The number of hydrogen-bond acceptors (Lipinski definition) is 13. The van der Waals surface area contributed by atoms with Crippen molar-refractivity contribution in [1.82, 2.24) is 0 Å². The largest absolute Gasteiger partial charge is 0.469 e. The van der Waals surface area contributed by atoms with Crippen molar-refractivity contribution < 1.29 is 64.2 Å². The molecule has 7 N–H and O–H groups in total. The van der Waals surface area contributed by atoms with E-state index in [0.717, 1.165) is 19.3 Å². The number of carbonyl (C=O) groups is 1. The van der Waals surface area contributed by atoms with Crippen LogP contribution in [0.2, 0.25) is 0 Å². The number of esters is 1. The van der Waals surface area contributed by atoms with Crippen LogP contribution in [0, 0.1) is 0 Å². The van der Waals surface area contributed by atoms with Crippen LogP contribution in [0.3, 0.4) is 0 Å². The highest BCUT2D eigenvalue weighted by molar-refractivity contribution is 5.68. The lowest BCUT2D eigenvalue weighted by atomic mass is 9.96. The molecule has 0 radical (unpaired) electrons. The second-order valence-corrected chi connectivity index (χ2v) is 13.5. The van der Waals surface area contributed by atoms with Crippen LogP contribution in [0.1, 0.15) is 129 Å². The summed E-state index contributed by atoms with van der Waals surface area (Å²) in [5.74, 6) is -0.335. The average molecular weight is 695 g/mol. The van der Waals surface area contributed by atoms with Crippen molar-refractivity contribution in [3.05, 3.63) is 0 Å². The number of unbranched alkanes of at least 4 members (excludes halogenated alkanes) is 14. The second kappa shape index (κ2) is 25.1. The van der Waals surface area contributed by atoms with E-state index in [0.29, 0.717) is 19.3 Å². The first-order chi connectivity index (χ1) is 23.2. The average Bonchev–Trinajstić information content (AvgIpc) is 3.09. The number of aliphatic hydroxyl groups excluding tert-OH is 7. The van der Waals surface area contributed by atoms with Crippen molar-refractivity contribution in [2.45, 2.75) is 196 Å². The second-order valence-electron chi connectivity index (χ2n) is 13.5. The summed E-state index contributed by atoms with van der Waals surface area (Å²) in [5, 5.41) is 71.9. The first kappa shape index (κ1) is 43.2. The van der Waals surface area contributed by atoms with Gasteiger partial charge in [-0.2, -0.15) is 0 Å². The van der Waals surface area contributed by atoms with Crippen LogP contribution in [-0.4, -0.2) is 130 Å². The summed E-state index contributed by atoms with van der Waals surface area (Å²) < 4.78 is 27.7. The number of carbonyl (C=O) groups excluding carboxylic acids is 1. The molecule has 284 valence electrons. The molecule has 2 saturated heterocycles. The molecule has 13 heteroatoms. The smallest absolute Gasteiger partial charge is 0.305 e. The van der Waals surface area contributed by atoms with Crippen molar-refractivity contribution in [3.63, 3.8) is 0 Å². The standard InChI is InChI=1S/C35H66O13/c1-3-4-5-6-7-8-9-10-11-12-13-14-15-16-17-19-24(20-18-21-27(38)44-2)45-34-32(43)30(41)33(26(23-37)47-34)48-35-31(42)29(40)28(39)25(22-36)46-35/h24-26,28-37,39-43H,3-23H2,1-2H3/t24?,25-,26-,28-,29+,30-,31-,32-,33+,34-,35-/m1/s1. The minimum atomic E-state index is -1.74. The number of ether oxygens (including phenoxy) is 5. The predicted molar refractivity (Wildman–Crippen MR) is 177 cm³/mol. The van der Waals surface area contributed by atoms with Crippen molar-refractivity contribution in [2.75, 3.05) is 20.3 Å². The van der Waals surface area contributed by atoms with Crippen LogP contribution in [-0.2, 0) is 28.5 Å². The molecule has 2 rings (SSSR count). The first-order valence-electron chi connectivity index (χ1n) is 18.5. The monoisotopic (exact) mass is 694 g/mol. The van der Waals surface area contributed by atoms with Crippen molar-refractivity contribution in [2.24, 2.45) is 0 Å². The summed E-state index contributed by atoms with van der Waals surface area (Å²) in [6.45, 7) is 0.932. The molecule has 1 unspecified atom stereocenters. The summed E-state index contributed by atoms with van der Waals surface area (Å²) in [4.78, 5) is 11.7. The fourth-order valence-electron chi connectivity index (χ4n) is 6.46. The Labute approximate surface area is 286 Å². The summed E-state index contributed by atoms with van der Waals surface area (Å²) in [6.07, 6.45) is 5.10. The van der Waals surface area contributed by atoms with Crippen LogP contribution >= 0.6 is 0 Å². The molecular formula is C35H66O13. The molecule has 0 saturated carbocycles. The SMILES string of the molecule is CCCCCCCCCCCCCCCCCC(CCCC(=O)OC)O[C@@H]1O[C@H](CO)[C@H](O[C@H]2O[C@H](CO)[C@@H](O)[C@H](O)[C@H]2O)[C@H](O)[C@H]1O. The van der Waals surface area contributed by atoms with Crippen LogP contribution < -0.4 is 0 Å². The van der Waals surface area contributed by atoms with Crippen LogP contribution in [0.5, 0.6) is 0 Å². The van der Waals surface area contributed by atoms with Gasteiger partial charge in [-0.15, -0.1) is 0 Å². The number of hydrogen-bond donors (Lipinski definition) is 7. The van der Waals surface area contributed by atoms with Gasteiger partial charge in [-0.1, -0.05) is 103 Å². The number of rotatable bonds is 26. The van der Waals surface area contributed by atoms with Crippen molar-refractivity contribution >= 4 is 5.97 Å². The zero-order valence-corrected chi connectivity index (χ0v) is 29.3. The molecule has 0 aromatic heterocycles. The lowest BCUT2D eigenvalue weighted by Gasteiger charge is -2.46. The van der Waals surface area contributed by atoms with Crippen LogP contribution in [0.4, 0.5) is 0 Å². The van der Waals surface area contributed by atoms with Gasteiger partial charge < -0.3 is 59.4 Å². The predicted octanol–water partition coefficient (Wildman–Crippen LogP) is 2.60. The van der Waals surface area contributed by atoms with E-state index in [2.05, 4.69) is 6.92 Å². The maximum atomic E-state index is 11.7. The molecule has 0 amide bonds. The van der Waals surface area contributed by atoms with Gasteiger partial charge in [-0.25, -0.2) is 0 Å². The maximum absolute atomic E-state index is 11.7. The highest BCUT2D eigenvalue weighted by Gasteiger charge is 2.51. The molecule has 2 aliphatic rings. The van der Waals surface area contributed by atoms with Gasteiger partial charge in [0, 0.05) is 6.42 Å². The van der Waals surface area contributed by atoms with Gasteiger partial charge >= 0.3 is 5.97 Å². The number of methoxy groups -OCH3 is 1. The molecule has 0 aliphatic carbocycles. The van der Waals surface area contributed by atoms with Crippen molar-refractivity contribution in [1.29, 1.82) is 0 Å².